The minimum absolute atomic E-state index is 0.242. The van der Waals surface area contributed by atoms with Crippen LogP contribution in [0.3, 0.4) is 0 Å². The van der Waals surface area contributed by atoms with E-state index in [1.165, 1.54) is 50.3 Å². The fourth-order valence-electron chi connectivity index (χ4n) is 7.43. The van der Waals surface area contributed by atoms with Crippen molar-refractivity contribution in [2.75, 3.05) is 13.6 Å². The molecule has 0 radical (unpaired) electrons. The van der Waals surface area contributed by atoms with E-state index in [0.717, 1.165) is 50.2 Å². The Bertz CT molecular complexity index is 1800. The van der Waals surface area contributed by atoms with Crippen LogP contribution in [0.2, 0.25) is 0 Å². The van der Waals surface area contributed by atoms with Crippen molar-refractivity contribution in [1.29, 1.82) is 0 Å². The lowest BCUT2D eigenvalue weighted by molar-refractivity contribution is 0.242. The Hall–Kier alpha value is -4.78. The number of fused-ring (bicyclic) bond motifs is 4. The van der Waals surface area contributed by atoms with Gasteiger partial charge in [0.25, 0.3) is 0 Å². The molecule has 2 nitrogen and oxygen atoms in total. The van der Waals surface area contributed by atoms with Gasteiger partial charge in [0.1, 0.15) is 5.76 Å². The Morgan fingerprint density at radius 3 is 2.80 bits per heavy atom. The average Bonchev–Trinajstić information content (AvgIpc) is 3.81. The van der Waals surface area contributed by atoms with E-state index in [9.17, 15) is 0 Å². The summed E-state index contributed by atoms with van der Waals surface area (Å²) < 4.78 is 6.54. The molecule has 0 aromatic carbocycles. The standard InChI is InChI=1S/C44H45NO/c1-6-9-11-16-33-22-23-36-30-37(34(8-3)24-25-35-17-12-13-19-41(35)45(5)29-14-10-7-2)31-40(36)44(28-27-33)38-18-15-20-42(38)46-43-32(4)21-26-39(43)44/h6-12,14-15,17-18,21-27,30,32H,1-2,13,16,19,28-29,31H2,3-5H3/b11-9-,14-10-,23-22-,25-24-,33-27-,34-8+. The quantitative estimate of drug-likeness (QED) is 0.182. The van der Waals surface area contributed by atoms with Gasteiger partial charge in [-0.25, -0.2) is 0 Å². The molecule has 6 aliphatic rings. The smallest absolute Gasteiger partial charge is 0.173 e. The molecular formula is C44H45NO. The molecule has 2 heteroatoms. The van der Waals surface area contributed by atoms with Crippen molar-refractivity contribution in [1.82, 2.24) is 4.90 Å². The molecule has 6 rings (SSSR count). The first kappa shape index (κ1) is 31.2. The molecule has 2 unspecified atom stereocenters. The second-order valence-corrected chi connectivity index (χ2v) is 12.6. The third kappa shape index (κ3) is 5.82. The van der Waals surface area contributed by atoms with Gasteiger partial charge in [-0.1, -0.05) is 129 Å². The molecule has 0 saturated carbocycles. The highest BCUT2D eigenvalue weighted by atomic mass is 16.5. The third-order valence-corrected chi connectivity index (χ3v) is 9.82. The first-order chi connectivity index (χ1) is 22.5. The summed E-state index contributed by atoms with van der Waals surface area (Å²) in [6, 6.07) is 0. The van der Waals surface area contributed by atoms with Crippen LogP contribution in [0.15, 0.2) is 196 Å². The zero-order valence-corrected chi connectivity index (χ0v) is 27.6. The van der Waals surface area contributed by atoms with Crippen molar-refractivity contribution in [2.24, 2.45) is 11.3 Å². The minimum Gasteiger partial charge on any atom is -0.452 e. The highest BCUT2D eigenvalue weighted by Gasteiger charge is 2.51. The summed E-state index contributed by atoms with van der Waals surface area (Å²) in [6.07, 6.45) is 46.7. The molecule has 0 aromatic rings. The Kier molecular flexibility index (Phi) is 9.29. The fourth-order valence-corrected chi connectivity index (χ4v) is 7.43. The molecule has 0 saturated heterocycles. The molecule has 0 N–H and O–H groups in total. The Balaban J connectivity index is 1.39. The lowest BCUT2D eigenvalue weighted by Gasteiger charge is -2.43. The van der Waals surface area contributed by atoms with Crippen molar-refractivity contribution in [3.05, 3.63) is 196 Å². The third-order valence-electron chi connectivity index (χ3n) is 9.82. The van der Waals surface area contributed by atoms with E-state index < -0.39 is 0 Å². The first-order valence-corrected chi connectivity index (χ1v) is 16.6. The van der Waals surface area contributed by atoms with E-state index in [4.69, 9.17) is 4.74 Å². The molecular weight excluding hydrogens is 558 g/mol. The second kappa shape index (κ2) is 13.7. The van der Waals surface area contributed by atoms with Crippen molar-refractivity contribution >= 4 is 0 Å². The average molecular weight is 604 g/mol. The lowest BCUT2D eigenvalue weighted by atomic mass is 9.62. The maximum Gasteiger partial charge on any atom is 0.173 e. The van der Waals surface area contributed by atoms with Crippen molar-refractivity contribution < 1.29 is 4.74 Å². The van der Waals surface area contributed by atoms with Gasteiger partial charge in [-0.3, -0.25) is 0 Å². The number of ether oxygens (including phenoxy) is 1. The van der Waals surface area contributed by atoms with Crippen LogP contribution in [0.1, 0.15) is 46.0 Å². The summed E-state index contributed by atoms with van der Waals surface area (Å²) in [7, 11) is 2.18. The topological polar surface area (TPSA) is 12.5 Å². The van der Waals surface area contributed by atoms with Crippen LogP contribution in [0.25, 0.3) is 0 Å². The highest BCUT2D eigenvalue weighted by molar-refractivity contribution is 5.68. The molecule has 1 spiro atoms. The van der Waals surface area contributed by atoms with Crippen LogP contribution in [0.5, 0.6) is 0 Å². The molecule has 0 fully saturated rings. The van der Waals surface area contributed by atoms with Gasteiger partial charge in [-0.15, -0.1) is 0 Å². The molecule has 232 valence electrons. The number of hydrogen-bond donors (Lipinski definition) is 0. The predicted molar refractivity (Wildman–Crippen MR) is 194 cm³/mol. The van der Waals surface area contributed by atoms with Crippen molar-refractivity contribution in [2.45, 2.75) is 46.0 Å². The summed E-state index contributed by atoms with van der Waals surface area (Å²) in [5.74, 6) is 2.19. The van der Waals surface area contributed by atoms with Gasteiger partial charge in [-0.2, -0.15) is 0 Å². The summed E-state index contributed by atoms with van der Waals surface area (Å²) in [5, 5.41) is 0. The Morgan fingerprint density at radius 2 is 1.98 bits per heavy atom. The van der Waals surface area contributed by atoms with Crippen LogP contribution in [-0.2, 0) is 4.74 Å². The van der Waals surface area contributed by atoms with Crippen molar-refractivity contribution in [3.8, 4) is 0 Å². The number of rotatable bonds is 10. The van der Waals surface area contributed by atoms with E-state index in [1.54, 1.807) is 0 Å². The second-order valence-electron chi connectivity index (χ2n) is 12.6. The molecule has 0 amide bonds. The predicted octanol–water partition coefficient (Wildman–Crippen LogP) is 10.9. The largest absolute Gasteiger partial charge is 0.452 e. The SMILES string of the molecule is C=C/C=C\CC1=C/CC2(C3=CC=C=C3OC3=C2C=CC3C)C2=C(C=C(C(/C=C\C3=C(N(C)C/C=C\C=C)CCC=C3)=C/C)C2)/C=C\1. The molecule has 2 atom stereocenters. The molecule has 0 aromatic heterocycles. The number of allylic oxidation sites excluding steroid dienone is 26. The van der Waals surface area contributed by atoms with Crippen LogP contribution in [0.4, 0.5) is 0 Å². The van der Waals surface area contributed by atoms with E-state index in [-0.39, 0.29) is 11.3 Å². The van der Waals surface area contributed by atoms with E-state index >= 15 is 0 Å². The van der Waals surface area contributed by atoms with Crippen molar-refractivity contribution in [3.63, 3.8) is 0 Å². The molecule has 5 aliphatic carbocycles. The van der Waals surface area contributed by atoms with Crippen LogP contribution < -0.4 is 0 Å². The minimum atomic E-state index is -0.304. The molecule has 0 bridgehead atoms. The zero-order chi connectivity index (χ0) is 32.1. The first-order valence-electron chi connectivity index (χ1n) is 16.6. The Morgan fingerprint density at radius 1 is 1.13 bits per heavy atom. The number of likely N-dealkylation sites (N-methyl/N-ethyl adjacent to an activating group) is 1. The summed E-state index contributed by atoms with van der Waals surface area (Å²) in [6.45, 7) is 12.9. The van der Waals surface area contributed by atoms with Gasteiger partial charge in [0.2, 0.25) is 0 Å². The lowest BCUT2D eigenvalue weighted by Crippen LogP contribution is -2.33. The van der Waals surface area contributed by atoms with Gasteiger partial charge >= 0.3 is 0 Å². The normalized spacial score (nSPS) is 27.0. The summed E-state index contributed by atoms with van der Waals surface area (Å²) in [5.41, 5.74) is 15.0. The molecule has 1 heterocycles. The monoisotopic (exact) mass is 603 g/mol. The highest BCUT2D eigenvalue weighted by Crippen LogP contribution is 2.61. The fraction of sp³-hybridized carbons (Fsp3) is 0.250. The Labute approximate surface area is 276 Å². The van der Waals surface area contributed by atoms with Gasteiger partial charge in [0.05, 0.1) is 5.41 Å². The molecule has 46 heavy (non-hydrogen) atoms. The van der Waals surface area contributed by atoms with Gasteiger partial charge < -0.3 is 9.64 Å². The molecule has 1 aliphatic heterocycles. The van der Waals surface area contributed by atoms with E-state index in [1.807, 2.05) is 30.4 Å². The summed E-state index contributed by atoms with van der Waals surface area (Å²) in [4.78, 5) is 2.35. The van der Waals surface area contributed by atoms with Gasteiger partial charge in [0.15, 0.2) is 5.76 Å². The van der Waals surface area contributed by atoms with Gasteiger partial charge in [-0.05, 0) is 84.6 Å². The van der Waals surface area contributed by atoms with E-state index in [2.05, 4.69) is 130 Å². The van der Waals surface area contributed by atoms with E-state index in [0.29, 0.717) is 0 Å². The maximum absolute atomic E-state index is 6.54. The maximum atomic E-state index is 6.54. The number of hydrogen-bond acceptors (Lipinski definition) is 2. The van der Waals surface area contributed by atoms with Crippen LogP contribution in [0, 0.1) is 11.3 Å². The van der Waals surface area contributed by atoms with Crippen LogP contribution in [-0.4, -0.2) is 18.5 Å². The number of nitrogens with zero attached hydrogens (tertiary/aromatic N) is 1. The van der Waals surface area contributed by atoms with Crippen LogP contribution >= 0.6 is 0 Å². The zero-order valence-electron chi connectivity index (χ0n) is 27.6. The summed E-state index contributed by atoms with van der Waals surface area (Å²) >= 11 is 0. The van der Waals surface area contributed by atoms with Gasteiger partial charge in [0, 0.05) is 36.4 Å².